The highest BCUT2D eigenvalue weighted by Gasteiger charge is 2.17. The van der Waals surface area contributed by atoms with Crippen LogP contribution in [0.2, 0.25) is 0 Å². The zero-order valence-corrected chi connectivity index (χ0v) is 16.4. The molecule has 0 aromatic carbocycles. The summed E-state index contributed by atoms with van der Waals surface area (Å²) < 4.78 is 5.65. The van der Waals surface area contributed by atoms with E-state index >= 15 is 0 Å². The number of hydrogen-bond acceptors (Lipinski definition) is 5. The van der Waals surface area contributed by atoms with Crippen LogP contribution in [0.5, 0.6) is 0 Å². The van der Waals surface area contributed by atoms with Gasteiger partial charge in [0.25, 0.3) is 0 Å². The molecule has 0 aliphatic rings. The molecule has 0 aliphatic heterocycles. The molecule has 1 amide bonds. The van der Waals surface area contributed by atoms with Crippen LogP contribution >= 0.6 is 36.2 Å². The number of amides is 1. The lowest BCUT2D eigenvalue weighted by Gasteiger charge is -2.16. The lowest BCUT2D eigenvalue weighted by Crippen LogP contribution is -2.41. The van der Waals surface area contributed by atoms with E-state index in [0.717, 1.165) is 24.1 Å². The van der Waals surface area contributed by atoms with Gasteiger partial charge < -0.3 is 15.5 Å². The van der Waals surface area contributed by atoms with Crippen LogP contribution in [0.15, 0.2) is 21.9 Å². The number of unbranched alkanes of at least 4 members (excludes halogenated alkanes) is 1. The smallest absolute Gasteiger partial charge is 0.236 e. The third kappa shape index (κ3) is 6.43. The van der Waals surface area contributed by atoms with Crippen molar-refractivity contribution in [2.24, 2.45) is 5.73 Å². The summed E-state index contributed by atoms with van der Waals surface area (Å²) >= 11 is 1.57. The van der Waals surface area contributed by atoms with Gasteiger partial charge in [-0.1, -0.05) is 25.8 Å². The molecule has 2 aromatic heterocycles. The number of nitrogens with one attached hydrogen (secondary N) is 1. The van der Waals surface area contributed by atoms with E-state index in [2.05, 4.69) is 17.2 Å². The molecule has 2 rings (SSSR count). The van der Waals surface area contributed by atoms with Crippen LogP contribution in [0.25, 0.3) is 10.8 Å². The van der Waals surface area contributed by atoms with Crippen LogP contribution in [-0.2, 0) is 11.2 Å². The fourth-order valence-electron chi connectivity index (χ4n) is 2.23. The van der Waals surface area contributed by atoms with Gasteiger partial charge in [-0.3, -0.25) is 4.79 Å². The Kier molecular flexibility index (Phi) is 11.0. The number of hydrogen-bond donors (Lipinski definition) is 2. The number of carbonyl (C=O) groups excluding carboxylic acids is 1. The Bertz CT molecular complexity index is 602. The molecular weight excluding hydrogens is 369 g/mol. The van der Waals surface area contributed by atoms with Gasteiger partial charge in [0.15, 0.2) is 0 Å². The SMILES string of the molecule is CCCCC(CN)NC(=O)Cc1nc(-c2cccs2)oc1C.Cl.Cl. The second-order valence-electron chi connectivity index (χ2n) is 5.32. The highest BCUT2D eigenvalue weighted by Crippen LogP contribution is 2.26. The molecule has 2 heterocycles. The second-order valence-corrected chi connectivity index (χ2v) is 6.27. The predicted octanol–water partition coefficient (Wildman–Crippen LogP) is 3.73. The van der Waals surface area contributed by atoms with Crippen molar-refractivity contribution in [1.29, 1.82) is 0 Å². The first-order valence-electron chi connectivity index (χ1n) is 7.63. The number of aromatic nitrogens is 1. The van der Waals surface area contributed by atoms with Gasteiger partial charge in [-0.05, 0) is 24.8 Å². The van der Waals surface area contributed by atoms with Crippen LogP contribution in [0.1, 0.15) is 37.6 Å². The van der Waals surface area contributed by atoms with Crippen molar-refractivity contribution in [3.05, 3.63) is 29.0 Å². The van der Waals surface area contributed by atoms with Gasteiger partial charge >= 0.3 is 0 Å². The summed E-state index contributed by atoms with van der Waals surface area (Å²) in [6, 6.07) is 3.94. The van der Waals surface area contributed by atoms with Gasteiger partial charge in [0.05, 0.1) is 17.0 Å². The van der Waals surface area contributed by atoms with E-state index < -0.39 is 0 Å². The van der Waals surface area contributed by atoms with Crippen LogP contribution in [0.4, 0.5) is 0 Å². The minimum absolute atomic E-state index is 0. The molecule has 0 bridgehead atoms. The number of oxazole rings is 1. The maximum absolute atomic E-state index is 12.1. The Labute approximate surface area is 159 Å². The van der Waals surface area contributed by atoms with Crippen molar-refractivity contribution >= 4 is 42.1 Å². The lowest BCUT2D eigenvalue weighted by atomic mass is 10.1. The Morgan fingerprint density at radius 3 is 2.79 bits per heavy atom. The molecule has 0 aliphatic carbocycles. The summed E-state index contributed by atoms with van der Waals surface area (Å²) in [6.07, 6.45) is 3.30. The third-order valence-electron chi connectivity index (χ3n) is 3.51. The van der Waals surface area contributed by atoms with E-state index in [1.807, 2.05) is 24.4 Å². The largest absolute Gasteiger partial charge is 0.440 e. The monoisotopic (exact) mass is 393 g/mol. The highest BCUT2D eigenvalue weighted by molar-refractivity contribution is 7.13. The fraction of sp³-hybridized carbons (Fsp3) is 0.500. The molecule has 24 heavy (non-hydrogen) atoms. The molecule has 0 saturated heterocycles. The van der Waals surface area contributed by atoms with Gasteiger partial charge in [-0.25, -0.2) is 4.98 Å². The van der Waals surface area contributed by atoms with Gasteiger partial charge in [0, 0.05) is 12.6 Å². The molecule has 5 nitrogen and oxygen atoms in total. The summed E-state index contributed by atoms with van der Waals surface area (Å²) in [5.74, 6) is 1.22. The van der Waals surface area contributed by atoms with Crippen molar-refractivity contribution in [1.82, 2.24) is 10.3 Å². The third-order valence-corrected chi connectivity index (χ3v) is 4.37. The van der Waals surface area contributed by atoms with E-state index in [9.17, 15) is 4.79 Å². The zero-order chi connectivity index (χ0) is 15.9. The fourth-order valence-corrected chi connectivity index (χ4v) is 2.88. The summed E-state index contributed by atoms with van der Waals surface area (Å²) in [5.41, 5.74) is 6.39. The van der Waals surface area contributed by atoms with Gasteiger partial charge in [0.2, 0.25) is 11.8 Å². The number of rotatable bonds is 8. The first-order valence-corrected chi connectivity index (χ1v) is 8.51. The molecule has 1 atom stereocenters. The van der Waals surface area contributed by atoms with Crippen LogP contribution in [-0.4, -0.2) is 23.5 Å². The van der Waals surface area contributed by atoms with E-state index in [1.165, 1.54) is 0 Å². The first kappa shape index (κ1) is 22.9. The maximum atomic E-state index is 12.1. The molecule has 0 radical (unpaired) electrons. The minimum atomic E-state index is -0.0549. The molecule has 136 valence electrons. The van der Waals surface area contributed by atoms with Crippen molar-refractivity contribution in [2.75, 3.05) is 6.54 Å². The molecule has 0 spiro atoms. The normalized spacial score (nSPS) is 11.3. The Balaban J connectivity index is 0.00000264. The van der Waals surface area contributed by atoms with Crippen LogP contribution < -0.4 is 11.1 Å². The first-order chi connectivity index (χ1) is 10.6. The highest BCUT2D eigenvalue weighted by atomic mass is 35.5. The molecule has 1 unspecified atom stereocenters. The zero-order valence-electron chi connectivity index (χ0n) is 13.9. The van der Waals surface area contributed by atoms with Crippen LogP contribution in [0, 0.1) is 6.92 Å². The molecule has 3 N–H and O–H groups in total. The topological polar surface area (TPSA) is 81.1 Å². The van der Waals surface area contributed by atoms with E-state index in [0.29, 0.717) is 23.9 Å². The molecular formula is C16H25Cl2N3O2S. The summed E-state index contributed by atoms with van der Waals surface area (Å²) in [5, 5.41) is 4.95. The lowest BCUT2D eigenvalue weighted by molar-refractivity contribution is -0.121. The van der Waals surface area contributed by atoms with Gasteiger partial charge in [-0.2, -0.15) is 0 Å². The van der Waals surface area contributed by atoms with Crippen molar-refractivity contribution in [2.45, 2.75) is 45.6 Å². The Morgan fingerprint density at radius 2 is 2.21 bits per heavy atom. The van der Waals surface area contributed by atoms with Crippen molar-refractivity contribution < 1.29 is 9.21 Å². The molecule has 0 saturated carbocycles. The maximum Gasteiger partial charge on any atom is 0.236 e. The standard InChI is InChI=1S/C16H23N3O2S.2ClH/c1-3-4-6-12(10-17)18-15(20)9-13-11(2)21-16(19-13)14-7-5-8-22-14;;/h5,7-8,12H,3-4,6,9-10,17H2,1-2H3,(H,18,20);2*1H. The molecule has 2 aromatic rings. The summed E-state index contributed by atoms with van der Waals surface area (Å²) in [6.45, 7) is 4.43. The molecule has 0 fully saturated rings. The number of nitrogens with two attached hydrogens (primary N) is 1. The quantitative estimate of drug-likeness (QED) is 0.715. The minimum Gasteiger partial charge on any atom is -0.440 e. The van der Waals surface area contributed by atoms with Gasteiger partial charge in [0.1, 0.15) is 5.76 Å². The second kappa shape index (κ2) is 11.5. The van der Waals surface area contributed by atoms with Crippen molar-refractivity contribution in [3.8, 4) is 10.8 Å². The summed E-state index contributed by atoms with van der Waals surface area (Å²) in [7, 11) is 0. The van der Waals surface area contributed by atoms with Gasteiger partial charge in [-0.15, -0.1) is 36.2 Å². The molecule has 8 heteroatoms. The number of halogens is 2. The van der Waals surface area contributed by atoms with E-state index in [1.54, 1.807) is 11.3 Å². The van der Waals surface area contributed by atoms with Crippen molar-refractivity contribution in [3.63, 3.8) is 0 Å². The van der Waals surface area contributed by atoms with Crippen LogP contribution in [0.3, 0.4) is 0 Å². The average molecular weight is 394 g/mol. The number of nitrogens with zero attached hydrogens (tertiary/aromatic N) is 1. The summed E-state index contributed by atoms with van der Waals surface area (Å²) in [4.78, 5) is 17.6. The Hall–Kier alpha value is -1.08. The van der Waals surface area contributed by atoms with E-state index in [4.69, 9.17) is 10.2 Å². The number of aryl methyl sites for hydroxylation is 1. The Morgan fingerprint density at radius 1 is 1.46 bits per heavy atom. The predicted molar refractivity (Wildman–Crippen MR) is 103 cm³/mol. The van der Waals surface area contributed by atoms with E-state index in [-0.39, 0.29) is 43.2 Å². The average Bonchev–Trinajstić information content (AvgIpc) is 3.14. The number of carbonyl (C=O) groups is 1. The number of thiophene rings is 1.